The Kier molecular flexibility index (Phi) is 3.92. The van der Waals surface area contributed by atoms with E-state index >= 15 is 0 Å². The molecule has 0 fully saturated rings. The summed E-state index contributed by atoms with van der Waals surface area (Å²) in [5, 5.41) is 8.89. The zero-order valence-electron chi connectivity index (χ0n) is 8.23. The van der Waals surface area contributed by atoms with Crippen molar-refractivity contribution in [1.29, 1.82) is 0 Å². The molecule has 1 rings (SSSR count). The predicted octanol–water partition coefficient (Wildman–Crippen LogP) is 3.20. The summed E-state index contributed by atoms with van der Waals surface area (Å²) in [5.74, 6) is -0.873. The molecule has 0 radical (unpaired) electrons. The third-order valence-electron chi connectivity index (χ3n) is 1.94. The summed E-state index contributed by atoms with van der Waals surface area (Å²) in [6, 6.07) is 7.02. The summed E-state index contributed by atoms with van der Waals surface area (Å²) < 4.78 is 0. The van der Waals surface area contributed by atoms with Crippen LogP contribution < -0.4 is 0 Å². The van der Waals surface area contributed by atoms with Gasteiger partial charge in [-0.15, -0.1) is 0 Å². The smallest absolute Gasteiger partial charge is 0.336 e. The molecule has 0 unspecified atom stereocenters. The van der Waals surface area contributed by atoms with Gasteiger partial charge in [-0.2, -0.15) is 0 Å². The lowest BCUT2D eigenvalue weighted by atomic mass is 10.1. The van der Waals surface area contributed by atoms with Crippen molar-refractivity contribution in [3.8, 4) is 0 Å². The Morgan fingerprint density at radius 2 is 2.14 bits per heavy atom. The van der Waals surface area contributed by atoms with Crippen molar-refractivity contribution < 1.29 is 9.90 Å². The van der Waals surface area contributed by atoms with Crippen molar-refractivity contribution in [2.75, 3.05) is 0 Å². The van der Waals surface area contributed by atoms with Crippen LogP contribution in [0.5, 0.6) is 0 Å². The second kappa shape index (κ2) is 5.22. The van der Waals surface area contributed by atoms with Crippen LogP contribution in [0.4, 0.5) is 0 Å². The average Bonchev–Trinajstić information content (AvgIpc) is 2.19. The van der Waals surface area contributed by atoms with E-state index in [1.807, 2.05) is 24.3 Å². The van der Waals surface area contributed by atoms with Gasteiger partial charge in [0.05, 0.1) is 5.56 Å². The average molecular weight is 190 g/mol. The molecule has 1 aromatic rings. The zero-order chi connectivity index (χ0) is 10.4. The third kappa shape index (κ3) is 2.73. The van der Waals surface area contributed by atoms with Gasteiger partial charge in [-0.3, -0.25) is 0 Å². The van der Waals surface area contributed by atoms with Crippen molar-refractivity contribution in [1.82, 2.24) is 0 Å². The van der Waals surface area contributed by atoms with Crippen molar-refractivity contribution in [3.05, 3.63) is 41.5 Å². The topological polar surface area (TPSA) is 37.3 Å². The molecule has 0 spiro atoms. The summed E-state index contributed by atoms with van der Waals surface area (Å²) in [7, 11) is 0. The Hall–Kier alpha value is -1.57. The minimum atomic E-state index is -0.873. The highest BCUT2D eigenvalue weighted by Crippen LogP contribution is 2.11. The van der Waals surface area contributed by atoms with Gasteiger partial charge in [0.15, 0.2) is 0 Å². The van der Waals surface area contributed by atoms with Crippen LogP contribution in [0, 0.1) is 0 Å². The van der Waals surface area contributed by atoms with Gasteiger partial charge in [-0.1, -0.05) is 43.7 Å². The second-order valence-electron chi connectivity index (χ2n) is 3.08. The number of aromatic carboxylic acids is 1. The molecule has 0 saturated heterocycles. The first kappa shape index (κ1) is 10.5. The van der Waals surface area contributed by atoms with Crippen LogP contribution in [-0.4, -0.2) is 11.1 Å². The van der Waals surface area contributed by atoms with Crippen molar-refractivity contribution >= 4 is 12.0 Å². The Morgan fingerprint density at radius 1 is 1.43 bits per heavy atom. The molecule has 0 aromatic heterocycles. The van der Waals surface area contributed by atoms with Gasteiger partial charge in [-0.05, 0) is 18.1 Å². The van der Waals surface area contributed by atoms with Gasteiger partial charge in [0.25, 0.3) is 0 Å². The van der Waals surface area contributed by atoms with Gasteiger partial charge in [-0.25, -0.2) is 4.79 Å². The number of allylic oxidation sites excluding steroid dienone is 1. The maximum atomic E-state index is 10.8. The van der Waals surface area contributed by atoms with Gasteiger partial charge in [0.1, 0.15) is 0 Å². The fourth-order valence-corrected chi connectivity index (χ4v) is 1.21. The van der Waals surface area contributed by atoms with Crippen LogP contribution in [0.1, 0.15) is 35.7 Å². The highest BCUT2D eigenvalue weighted by Gasteiger charge is 2.05. The van der Waals surface area contributed by atoms with Crippen LogP contribution >= 0.6 is 0 Å². The minimum absolute atomic E-state index is 0.361. The molecule has 14 heavy (non-hydrogen) atoms. The molecule has 0 aliphatic heterocycles. The van der Waals surface area contributed by atoms with Crippen LogP contribution in [0.3, 0.4) is 0 Å². The highest BCUT2D eigenvalue weighted by molar-refractivity contribution is 5.92. The Labute approximate surface area is 83.9 Å². The summed E-state index contributed by atoms with van der Waals surface area (Å²) in [6.45, 7) is 2.09. The third-order valence-corrected chi connectivity index (χ3v) is 1.94. The molecule has 0 heterocycles. The largest absolute Gasteiger partial charge is 0.478 e. The molecule has 0 bridgehead atoms. The molecule has 0 aliphatic carbocycles. The summed E-state index contributed by atoms with van der Waals surface area (Å²) >= 11 is 0. The minimum Gasteiger partial charge on any atom is -0.478 e. The monoisotopic (exact) mass is 190 g/mol. The van der Waals surface area contributed by atoms with E-state index in [4.69, 9.17) is 5.11 Å². The van der Waals surface area contributed by atoms with Gasteiger partial charge >= 0.3 is 5.97 Å². The van der Waals surface area contributed by atoms with Gasteiger partial charge < -0.3 is 5.11 Å². The Morgan fingerprint density at radius 3 is 2.79 bits per heavy atom. The molecule has 74 valence electrons. The first-order valence-electron chi connectivity index (χ1n) is 4.74. The van der Waals surface area contributed by atoms with Crippen LogP contribution in [0.15, 0.2) is 30.3 Å². The number of carboxylic acid groups (broad SMARTS) is 1. The number of carbonyl (C=O) groups is 1. The normalized spacial score (nSPS) is 10.6. The predicted molar refractivity (Wildman–Crippen MR) is 57.3 cm³/mol. The van der Waals surface area contributed by atoms with E-state index in [0.29, 0.717) is 5.56 Å². The fourth-order valence-electron chi connectivity index (χ4n) is 1.21. The van der Waals surface area contributed by atoms with Gasteiger partial charge in [0, 0.05) is 0 Å². The summed E-state index contributed by atoms with van der Waals surface area (Å²) in [4.78, 5) is 10.8. The SMILES string of the molecule is CCC/C=C/c1ccccc1C(=O)O. The second-order valence-corrected chi connectivity index (χ2v) is 3.08. The molecule has 1 N–H and O–H groups in total. The molecule has 0 saturated carbocycles. The highest BCUT2D eigenvalue weighted by atomic mass is 16.4. The Balaban J connectivity index is 2.90. The van der Waals surface area contributed by atoms with Gasteiger partial charge in [0.2, 0.25) is 0 Å². The molecule has 0 atom stereocenters. The number of rotatable bonds is 4. The molecular weight excluding hydrogens is 176 g/mol. The summed E-state index contributed by atoms with van der Waals surface area (Å²) in [6.07, 6.45) is 5.93. The first-order chi connectivity index (χ1) is 6.75. The van der Waals surface area contributed by atoms with E-state index in [2.05, 4.69) is 6.92 Å². The van der Waals surface area contributed by atoms with E-state index in [9.17, 15) is 4.79 Å². The maximum Gasteiger partial charge on any atom is 0.336 e. The number of hydrogen-bond donors (Lipinski definition) is 1. The first-order valence-corrected chi connectivity index (χ1v) is 4.74. The van der Waals surface area contributed by atoms with Crippen LogP contribution in [-0.2, 0) is 0 Å². The standard InChI is InChI=1S/C12H14O2/c1-2-3-4-7-10-8-5-6-9-11(10)12(13)14/h4-9H,2-3H2,1H3,(H,13,14)/b7-4+. The molecule has 0 aliphatic rings. The van der Waals surface area contributed by atoms with E-state index in [1.54, 1.807) is 12.1 Å². The van der Waals surface area contributed by atoms with Crippen LogP contribution in [0.25, 0.3) is 6.08 Å². The molecule has 2 nitrogen and oxygen atoms in total. The number of benzene rings is 1. The van der Waals surface area contributed by atoms with E-state index < -0.39 is 5.97 Å². The van der Waals surface area contributed by atoms with Crippen molar-refractivity contribution in [2.45, 2.75) is 19.8 Å². The lowest BCUT2D eigenvalue weighted by Gasteiger charge is -1.99. The molecule has 1 aromatic carbocycles. The van der Waals surface area contributed by atoms with Crippen molar-refractivity contribution in [3.63, 3.8) is 0 Å². The Bertz CT molecular complexity index is 340. The molecule has 2 heteroatoms. The maximum absolute atomic E-state index is 10.8. The number of carboxylic acids is 1. The van der Waals surface area contributed by atoms with Crippen molar-refractivity contribution in [2.24, 2.45) is 0 Å². The lowest BCUT2D eigenvalue weighted by molar-refractivity contribution is 0.0696. The van der Waals surface area contributed by atoms with E-state index in [0.717, 1.165) is 18.4 Å². The fraction of sp³-hybridized carbons (Fsp3) is 0.250. The summed E-state index contributed by atoms with van der Waals surface area (Å²) in [5.41, 5.74) is 1.13. The van der Waals surface area contributed by atoms with Crippen LogP contribution in [0.2, 0.25) is 0 Å². The number of unbranched alkanes of at least 4 members (excludes halogenated alkanes) is 1. The molecular formula is C12H14O2. The zero-order valence-corrected chi connectivity index (χ0v) is 8.23. The lowest BCUT2D eigenvalue weighted by Crippen LogP contribution is -1.98. The molecule has 0 amide bonds. The van der Waals surface area contributed by atoms with E-state index in [1.165, 1.54) is 0 Å². The quantitative estimate of drug-likeness (QED) is 0.791. The number of hydrogen-bond acceptors (Lipinski definition) is 1. The van der Waals surface area contributed by atoms with E-state index in [-0.39, 0.29) is 0 Å².